The molecule has 21 heavy (non-hydrogen) atoms. The molecule has 3 N–H and O–H groups in total. The lowest BCUT2D eigenvalue weighted by molar-refractivity contribution is 0.579. The van der Waals surface area contributed by atoms with Gasteiger partial charge in [0.05, 0.1) is 0 Å². The molecule has 0 unspecified atom stereocenters. The minimum atomic E-state index is -3.64. The summed E-state index contributed by atoms with van der Waals surface area (Å²) in [6, 6.07) is 3.96. The van der Waals surface area contributed by atoms with E-state index in [0.29, 0.717) is 6.54 Å². The first-order valence-electron chi connectivity index (χ1n) is 6.86. The molecule has 116 valence electrons. The molecule has 0 spiro atoms. The quantitative estimate of drug-likeness (QED) is 0.813. The van der Waals surface area contributed by atoms with Crippen molar-refractivity contribution in [3.63, 3.8) is 0 Å². The monoisotopic (exact) mass is 328 g/mol. The van der Waals surface area contributed by atoms with Crippen LogP contribution in [0, 0.1) is 0 Å². The van der Waals surface area contributed by atoms with Crippen molar-refractivity contribution >= 4 is 27.2 Å². The van der Waals surface area contributed by atoms with Gasteiger partial charge >= 0.3 is 0 Å². The van der Waals surface area contributed by atoms with Crippen LogP contribution in [-0.2, 0) is 29.5 Å². The molecule has 0 saturated carbocycles. The highest BCUT2D eigenvalue weighted by atomic mass is 32.2. The fourth-order valence-corrected chi connectivity index (χ4v) is 3.99. The van der Waals surface area contributed by atoms with Gasteiger partial charge in [-0.25, -0.2) is 13.1 Å². The molecule has 2 heterocycles. The molecule has 0 aliphatic rings. The van der Waals surface area contributed by atoms with Gasteiger partial charge in [0.2, 0.25) is 10.0 Å². The van der Waals surface area contributed by atoms with Crippen molar-refractivity contribution in [3.05, 3.63) is 28.1 Å². The molecule has 2 aromatic heterocycles. The molecule has 2 aromatic rings. The lowest BCUT2D eigenvalue weighted by Gasteiger charge is -2.03. The Bertz CT molecular complexity index is 704. The van der Waals surface area contributed by atoms with E-state index in [9.17, 15) is 8.42 Å². The van der Waals surface area contributed by atoms with E-state index in [0.717, 1.165) is 17.7 Å². The lowest BCUT2D eigenvalue weighted by atomic mass is 10.4. The van der Waals surface area contributed by atoms with Crippen molar-refractivity contribution in [2.75, 3.05) is 5.73 Å². The Hall–Kier alpha value is -1.38. The van der Waals surface area contributed by atoms with Crippen LogP contribution in [0.25, 0.3) is 0 Å². The summed E-state index contributed by atoms with van der Waals surface area (Å²) < 4.78 is 28.7. The third-order valence-corrected chi connectivity index (χ3v) is 5.65. The molecule has 0 atom stereocenters. The van der Waals surface area contributed by atoms with Gasteiger partial charge in [-0.1, -0.05) is 13.8 Å². The molecule has 0 aromatic carbocycles. The van der Waals surface area contributed by atoms with Gasteiger partial charge in [-0.15, -0.1) is 11.3 Å². The van der Waals surface area contributed by atoms with E-state index in [-0.39, 0.29) is 17.3 Å². The van der Waals surface area contributed by atoms with Gasteiger partial charge < -0.3 is 5.73 Å². The number of rotatable bonds is 7. The van der Waals surface area contributed by atoms with Crippen LogP contribution in [0.1, 0.15) is 30.0 Å². The van der Waals surface area contributed by atoms with E-state index in [1.165, 1.54) is 11.1 Å². The predicted octanol–water partition coefficient (Wildman–Crippen LogP) is 1.98. The Morgan fingerprint density at radius 2 is 2.05 bits per heavy atom. The Balaban J connectivity index is 2.10. The highest BCUT2D eigenvalue weighted by Crippen LogP contribution is 2.19. The van der Waals surface area contributed by atoms with Gasteiger partial charge in [-0.3, -0.25) is 4.68 Å². The third kappa shape index (κ3) is 3.84. The number of nitrogens with two attached hydrogens (primary N) is 1. The van der Waals surface area contributed by atoms with Gasteiger partial charge in [0, 0.05) is 29.0 Å². The molecular weight excluding hydrogens is 308 g/mol. The van der Waals surface area contributed by atoms with Gasteiger partial charge in [0.15, 0.2) is 5.82 Å². The molecule has 0 bridgehead atoms. The number of nitrogens with one attached hydrogen (secondary N) is 1. The van der Waals surface area contributed by atoms with Crippen LogP contribution in [0.15, 0.2) is 23.2 Å². The van der Waals surface area contributed by atoms with Crippen LogP contribution in [0.3, 0.4) is 0 Å². The van der Waals surface area contributed by atoms with E-state index in [1.54, 1.807) is 16.0 Å². The van der Waals surface area contributed by atoms with Crippen molar-refractivity contribution in [3.8, 4) is 0 Å². The number of nitrogens with zero attached hydrogens (tertiary/aromatic N) is 2. The number of anilines is 1. The standard InChI is InChI=1S/C13H20N4O2S2/c1-3-7-17-9-12(13(14)16-17)21(18,19)15-8-11-6-5-10(4-2)20-11/h5-6,9,15H,3-4,7-8H2,1-2H3,(H2,14,16). The maximum atomic E-state index is 12.3. The zero-order valence-electron chi connectivity index (χ0n) is 12.2. The Labute approximate surface area is 129 Å². The van der Waals surface area contributed by atoms with Crippen molar-refractivity contribution < 1.29 is 8.42 Å². The van der Waals surface area contributed by atoms with Crippen molar-refractivity contribution in [1.82, 2.24) is 14.5 Å². The Kier molecular flexibility index (Phi) is 5.02. The largest absolute Gasteiger partial charge is 0.381 e. The van der Waals surface area contributed by atoms with E-state index in [1.807, 2.05) is 19.1 Å². The van der Waals surface area contributed by atoms with Crippen molar-refractivity contribution in [1.29, 1.82) is 0 Å². The molecule has 0 amide bonds. The second kappa shape index (κ2) is 6.59. The van der Waals surface area contributed by atoms with Gasteiger partial charge in [-0.2, -0.15) is 5.10 Å². The number of thiophene rings is 1. The second-order valence-electron chi connectivity index (χ2n) is 4.69. The van der Waals surface area contributed by atoms with E-state index in [4.69, 9.17) is 5.73 Å². The van der Waals surface area contributed by atoms with Crippen LogP contribution in [-0.4, -0.2) is 18.2 Å². The molecule has 0 aliphatic heterocycles. The molecule has 0 saturated heterocycles. The van der Waals surface area contributed by atoms with Crippen LogP contribution in [0.4, 0.5) is 5.82 Å². The topological polar surface area (TPSA) is 90.0 Å². The number of hydrogen-bond acceptors (Lipinski definition) is 5. The summed E-state index contributed by atoms with van der Waals surface area (Å²) in [7, 11) is -3.64. The molecular formula is C13H20N4O2S2. The maximum absolute atomic E-state index is 12.3. The molecule has 0 aliphatic carbocycles. The molecule has 6 nitrogen and oxygen atoms in total. The molecule has 0 radical (unpaired) electrons. The second-order valence-corrected chi connectivity index (χ2v) is 7.68. The molecule has 0 fully saturated rings. The summed E-state index contributed by atoms with van der Waals surface area (Å²) in [6.07, 6.45) is 3.30. The van der Waals surface area contributed by atoms with Gasteiger partial charge in [0.25, 0.3) is 0 Å². The smallest absolute Gasteiger partial charge is 0.246 e. The number of nitrogen functional groups attached to an aromatic ring is 1. The predicted molar refractivity (Wildman–Crippen MR) is 84.7 cm³/mol. The van der Waals surface area contributed by atoms with E-state index < -0.39 is 10.0 Å². The zero-order chi connectivity index (χ0) is 15.5. The fraction of sp³-hybridized carbons (Fsp3) is 0.462. The highest BCUT2D eigenvalue weighted by molar-refractivity contribution is 7.89. The Morgan fingerprint density at radius 1 is 1.33 bits per heavy atom. The first kappa shape index (κ1) is 16.0. The van der Waals surface area contributed by atoms with Crippen LogP contribution >= 0.6 is 11.3 Å². The maximum Gasteiger partial charge on any atom is 0.246 e. The van der Waals surface area contributed by atoms with Crippen LogP contribution < -0.4 is 10.5 Å². The van der Waals surface area contributed by atoms with Crippen LogP contribution in [0.2, 0.25) is 0 Å². The first-order valence-corrected chi connectivity index (χ1v) is 9.16. The summed E-state index contributed by atoms with van der Waals surface area (Å²) in [4.78, 5) is 2.26. The minimum absolute atomic E-state index is 0.0383. The van der Waals surface area contributed by atoms with Crippen molar-refractivity contribution in [2.24, 2.45) is 0 Å². The third-order valence-electron chi connectivity index (χ3n) is 3.00. The fourth-order valence-electron chi connectivity index (χ4n) is 1.92. The normalized spacial score (nSPS) is 11.9. The van der Waals surface area contributed by atoms with Crippen molar-refractivity contribution in [2.45, 2.75) is 44.7 Å². The molecule has 8 heteroatoms. The average Bonchev–Trinajstić information content (AvgIpc) is 3.04. The number of aryl methyl sites for hydroxylation is 2. The lowest BCUT2D eigenvalue weighted by Crippen LogP contribution is -2.23. The highest BCUT2D eigenvalue weighted by Gasteiger charge is 2.21. The SMILES string of the molecule is CCCn1cc(S(=O)(=O)NCc2ccc(CC)s2)c(N)n1. The summed E-state index contributed by atoms with van der Waals surface area (Å²) in [5, 5.41) is 4.02. The zero-order valence-corrected chi connectivity index (χ0v) is 13.8. The minimum Gasteiger partial charge on any atom is -0.381 e. The average molecular weight is 328 g/mol. The number of hydrogen-bond donors (Lipinski definition) is 2. The van der Waals surface area contributed by atoms with Gasteiger partial charge in [0.1, 0.15) is 4.90 Å². The number of sulfonamides is 1. The van der Waals surface area contributed by atoms with E-state index >= 15 is 0 Å². The van der Waals surface area contributed by atoms with Crippen LogP contribution in [0.5, 0.6) is 0 Å². The van der Waals surface area contributed by atoms with E-state index in [2.05, 4.69) is 16.7 Å². The first-order chi connectivity index (χ1) is 9.96. The van der Waals surface area contributed by atoms with Gasteiger partial charge in [-0.05, 0) is 25.0 Å². The summed E-state index contributed by atoms with van der Waals surface area (Å²) in [5.41, 5.74) is 5.70. The Morgan fingerprint density at radius 3 is 2.67 bits per heavy atom. The summed E-state index contributed by atoms with van der Waals surface area (Å²) >= 11 is 1.61. The molecule has 2 rings (SSSR count). The summed E-state index contributed by atoms with van der Waals surface area (Å²) in [6.45, 7) is 4.98. The summed E-state index contributed by atoms with van der Waals surface area (Å²) in [5.74, 6) is 0.0383. The number of aromatic nitrogens is 2.